The van der Waals surface area contributed by atoms with Crippen molar-refractivity contribution in [2.45, 2.75) is 33.6 Å². The summed E-state index contributed by atoms with van der Waals surface area (Å²) in [6.45, 7) is 7.12. The first-order chi connectivity index (χ1) is 7.93. The lowest BCUT2D eigenvalue weighted by Gasteiger charge is -2.23. The van der Waals surface area contributed by atoms with Crippen molar-refractivity contribution in [2.24, 2.45) is 0 Å². The first-order valence-corrected chi connectivity index (χ1v) is 5.93. The van der Waals surface area contributed by atoms with Crippen molar-refractivity contribution in [3.63, 3.8) is 0 Å². The van der Waals surface area contributed by atoms with E-state index in [1.54, 1.807) is 0 Å². The van der Waals surface area contributed by atoms with E-state index in [0.717, 1.165) is 6.54 Å². The second kappa shape index (κ2) is 5.71. The maximum Gasteiger partial charge on any atom is 0.303 e. The lowest BCUT2D eigenvalue weighted by atomic mass is 10.0. The number of benzene rings is 1. The lowest BCUT2D eigenvalue weighted by molar-refractivity contribution is -0.137. The number of hydrogen-bond acceptors (Lipinski definition) is 2. The standard InChI is InChI=1S/C14H21NO2/c1-10-7-8-13(12(3)11(10)2)15(4)9-5-6-14(16)17/h7-8H,5-6,9H2,1-4H3,(H,16,17). The van der Waals surface area contributed by atoms with Crippen molar-refractivity contribution < 1.29 is 9.90 Å². The summed E-state index contributed by atoms with van der Waals surface area (Å²) in [5, 5.41) is 8.61. The van der Waals surface area contributed by atoms with Gasteiger partial charge < -0.3 is 10.0 Å². The summed E-state index contributed by atoms with van der Waals surface area (Å²) >= 11 is 0. The summed E-state index contributed by atoms with van der Waals surface area (Å²) in [5.41, 5.74) is 5.08. The average molecular weight is 235 g/mol. The van der Waals surface area contributed by atoms with Gasteiger partial charge >= 0.3 is 5.97 Å². The van der Waals surface area contributed by atoms with Gasteiger partial charge in [-0.25, -0.2) is 0 Å². The van der Waals surface area contributed by atoms with Crippen LogP contribution in [0, 0.1) is 20.8 Å². The van der Waals surface area contributed by atoms with Gasteiger partial charge in [0.05, 0.1) is 0 Å². The van der Waals surface area contributed by atoms with Gasteiger partial charge in [0, 0.05) is 25.7 Å². The number of nitrogens with zero attached hydrogens (tertiary/aromatic N) is 1. The van der Waals surface area contributed by atoms with Crippen molar-refractivity contribution in [1.29, 1.82) is 0 Å². The van der Waals surface area contributed by atoms with Gasteiger partial charge in [-0.15, -0.1) is 0 Å². The van der Waals surface area contributed by atoms with Crippen LogP contribution in [0.3, 0.4) is 0 Å². The number of carboxylic acid groups (broad SMARTS) is 1. The Kier molecular flexibility index (Phi) is 4.55. The molecule has 0 heterocycles. The van der Waals surface area contributed by atoms with Gasteiger partial charge in [-0.2, -0.15) is 0 Å². The van der Waals surface area contributed by atoms with Gasteiger partial charge in [-0.05, 0) is 49.9 Å². The summed E-state index contributed by atoms with van der Waals surface area (Å²) in [5.74, 6) is -0.727. The van der Waals surface area contributed by atoms with E-state index in [-0.39, 0.29) is 6.42 Å². The Morgan fingerprint density at radius 2 is 1.88 bits per heavy atom. The fraction of sp³-hybridized carbons (Fsp3) is 0.500. The monoisotopic (exact) mass is 235 g/mol. The van der Waals surface area contributed by atoms with E-state index in [2.05, 4.69) is 37.8 Å². The molecule has 0 unspecified atom stereocenters. The third-order valence-corrected chi connectivity index (χ3v) is 3.32. The molecule has 94 valence electrons. The Labute approximate surface area is 103 Å². The molecule has 1 N–H and O–H groups in total. The van der Waals surface area contributed by atoms with Crippen LogP contribution in [0.4, 0.5) is 5.69 Å². The Morgan fingerprint density at radius 3 is 2.47 bits per heavy atom. The van der Waals surface area contributed by atoms with Gasteiger partial charge in [0.1, 0.15) is 0 Å². The third-order valence-electron chi connectivity index (χ3n) is 3.32. The SMILES string of the molecule is Cc1ccc(N(C)CCCC(=O)O)c(C)c1C. The molecule has 0 aromatic heterocycles. The van der Waals surface area contributed by atoms with E-state index in [1.165, 1.54) is 22.4 Å². The zero-order valence-corrected chi connectivity index (χ0v) is 11.1. The molecule has 0 saturated heterocycles. The highest BCUT2D eigenvalue weighted by Gasteiger charge is 2.08. The summed E-state index contributed by atoms with van der Waals surface area (Å²) in [6.07, 6.45) is 0.909. The van der Waals surface area contributed by atoms with Crippen LogP contribution in [0.25, 0.3) is 0 Å². The molecule has 0 aliphatic rings. The average Bonchev–Trinajstić information content (AvgIpc) is 2.25. The van der Waals surface area contributed by atoms with E-state index in [9.17, 15) is 4.79 Å². The van der Waals surface area contributed by atoms with Gasteiger partial charge in [-0.3, -0.25) is 4.79 Å². The van der Waals surface area contributed by atoms with E-state index in [4.69, 9.17) is 5.11 Å². The molecular formula is C14H21NO2. The molecule has 0 aliphatic heterocycles. The summed E-state index contributed by atoms with van der Waals surface area (Å²) < 4.78 is 0. The number of anilines is 1. The second-order valence-electron chi connectivity index (χ2n) is 4.57. The zero-order valence-electron chi connectivity index (χ0n) is 11.1. The maximum atomic E-state index is 10.5. The molecule has 0 spiro atoms. The smallest absolute Gasteiger partial charge is 0.303 e. The molecule has 0 bridgehead atoms. The van der Waals surface area contributed by atoms with Crippen LogP contribution >= 0.6 is 0 Å². The van der Waals surface area contributed by atoms with Crippen LogP contribution in [0.1, 0.15) is 29.5 Å². The highest BCUT2D eigenvalue weighted by atomic mass is 16.4. The van der Waals surface area contributed by atoms with Gasteiger partial charge in [0.25, 0.3) is 0 Å². The highest BCUT2D eigenvalue weighted by molar-refractivity contribution is 5.66. The zero-order chi connectivity index (χ0) is 13.0. The van der Waals surface area contributed by atoms with E-state index < -0.39 is 5.97 Å². The predicted octanol–water partition coefficient (Wildman–Crippen LogP) is 2.91. The minimum Gasteiger partial charge on any atom is -0.481 e. The molecule has 0 aliphatic carbocycles. The molecule has 1 rings (SSSR count). The fourth-order valence-electron chi connectivity index (χ4n) is 1.94. The molecule has 0 radical (unpaired) electrons. The molecule has 3 heteroatoms. The predicted molar refractivity (Wildman–Crippen MR) is 70.8 cm³/mol. The van der Waals surface area contributed by atoms with Crippen LogP contribution in [-0.4, -0.2) is 24.7 Å². The molecule has 0 saturated carbocycles. The molecule has 17 heavy (non-hydrogen) atoms. The molecule has 3 nitrogen and oxygen atoms in total. The van der Waals surface area contributed by atoms with Crippen LogP contribution in [0.5, 0.6) is 0 Å². The Bertz CT molecular complexity index is 413. The summed E-state index contributed by atoms with van der Waals surface area (Å²) in [7, 11) is 2.01. The van der Waals surface area contributed by atoms with Crippen LogP contribution in [0.15, 0.2) is 12.1 Å². The van der Waals surface area contributed by atoms with Gasteiger partial charge in [0.15, 0.2) is 0 Å². The van der Waals surface area contributed by atoms with Crippen molar-refractivity contribution >= 4 is 11.7 Å². The topological polar surface area (TPSA) is 40.5 Å². The molecular weight excluding hydrogens is 214 g/mol. The normalized spacial score (nSPS) is 10.4. The number of carboxylic acids is 1. The largest absolute Gasteiger partial charge is 0.481 e. The van der Waals surface area contributed by atoms with Gasteiger partial charge in [0.2, 0.25) is 0 Å². The van der Waals surface area contributed by atoms with Gasteiger partial charge in [-0.1, -0.05) is 6.07 Å². The number of carbonyl (C=O) groups is 1. The molecule has 0 fully saturated rings. The second-order valence-corrected chi connectivity index (χ2v) is 4.57. The number of hydrogen-bond donors (Lipinski definition) is 1. The Morgan fingerprint density at radius 1 is 1.24 bits per heavy atom. The van der Waals surface area contributed by atoms with Crippen molar-refractivity contribution in [3.8, 4) is 0 Å². The Hall–Kier alpha value is -1.51. The fourth-order valence-corrected chi connectivity index (χ4v) is 1.94. The lowest BCUT2D eigenvalue weighted by Crippen LogP contribution is -2.20. The highest BCUT2D eigenvalue weighted by Crippen LogP contribution is 2.24. The minimum atomic E-state index is -0.727. The molecule has 0 atom stereocenters. The van der Waals surface area contributed by atoms with E-state index >= 15 is 0 Å². The molecule has 1 aromatic rings. The van der Waals surface area contributed by atoms with Crippen molar-refractivity contribution in [2.75, 3.05) is 18.5 Å². The van der Waals surface area contributed by atoms with E-state index in [0.29, 0.717) is 6.42 Å². The number of aliphatic carboxylic acids is 1. The third kappa shape index (κ3) is 3.48. The summed E-state index contributed by atoms with van der Waals surface area (Å²) in [6, 6.07) is 4.23. The first kappa shape index (κ1) is 13.6. The van der Waals surface area contributed by atoms with Crippen molar-refractivity contribution in [3.05, 3.63) is 28.8 Å². The van der Waals surface area contributed by atoms with Crippen molar-refractivity contribution in [1.82, 2.24) is 0 Å². The summed E-state index contributed by atoms with van der Waals surface area (Å²) in [4.78, 5) is 12.6. The first-order valence-electron chi connectivity index (χ1n) is 5.93. The van der Waals surface area contributed by atoms with Crippen LogP contribution < -0.4 is 4.90 Å². The van der Waals surface area contributed by atoms with Crippen LogP contribution in [0.2, 0.25) is 0 Å². The number of rotatable bonds is 5. The molecule has 0 amide bonds. The quantitative estimate of drug-likeness (QED) is 0.853. The molecule has 1 aromatic carbocycles. The van der Waals surface area contributed by atoms with Crippen LogP contribution in [-0.2, 0) is 4.79 Å². The Balaban J connectivity index is 2.72. The number of aryl methyl sites for hydroxylation is 1. The maximum absolute atomic E-state index is 10.5. The van der Waals surface area contributed by atoms with E-state index in [1.807, 2.05) is 7.05 Å². The minimum absolute atomic E-state index is 0.230.